The summed E-state index contributed by atoms with van der Waals surface area (Å²) in [6.45, 7) is 3.31. The quantitative estimate of drug-likeness (QED) is 0.721. The first-order valence-electron chi connectivity index (χ1n) is 9.50. The Bertz CT molecular complexity index is 993. The lowest BCUT2D eigenvalue weighted by Crippen LogP contribution is -2.47. The van der Waals surface area contributed by atoms with Crippen LogP contribution >= 0.6 is 11.3 Å². The second kappa shape index (κ2) is 8.55. The van der Waals surface area contributed by atoms with Crippen LogP contribution in [0.1, 0.15) is 20.0 Å². The average molecular weight is 407 g/mol. The van der Waals surface area contributed by atoms with Gasteiger partial charge < -0.3 is 15.1 Å². The van der Waals surface area contributed by atoms with Crippen molar-refractivity contribution < 1.29 is 9.59 Å². The van der Waals surface area contributed by atoms with Crippen LogP contribution in [-0.2, 0) is 0 Å². The Morgan fingerprint density at radius 1 is 0.966 bits per heavy atom. The number of benzene rings is 2. The first-order chi connectivity index (χ1) is 14.1. The molecule has 0 bridgehead atoms. The van der Waals surface area contributed by atoms with Gasteiger partial charge in [-0.1, -0.05) is 30.3 Å². The van der Waals surface area contributed by atoms with Gasteiger partial charge in [0.15, 0.2) is 0 Å². The van der Waals surface area contributed by atoms with Crippen molar-refractivity contribution in [3.8, 4) is 10.6 Å². The Hall–Kier alpha value is -3.03. The maximum Gasteiger partial charge on any atom is 0.267 e. The fourth-order valence-electron chi connectivity index (χ4n) is 3.17. The van der Waals surface area contributed by atoms with Gasteiger partial charge in [-0.3, -0.25) is 9.59 Å². The number of piperazine rings is 1. The topological polar surface area (TPSA) is 65.5 Å². The van der Waals surface area contributed by atoms with Crippen LogP contribution in [0.25, 0.3) is 10.6 Å². The van der Waals surface area contributed by atoms with Crippen molar-refractivity contribution in [1.82, 2.24) is 14.8 Å². The lowest BCUT2D eigenvalue weighted by atomic mass is 10.1. The number of carbonyl (C=O) groups excluding carboxylic acids is 2. The maximum absolute atomic E-state index is 12.7. The van der Waals surface area contributed by atoms with Gasteiger partial charge in [0.1, 0.15) is 9.88 Å². The van der Waals surface area contributed by atoms with Crippen molar-refractivity contribution in [1.29, 1.82) is 0 Å². The van der Waals surface area contributed by atoms with Gasteiger partial charge in [0.25, 0.3) is 11.8 Å². The molecule has 2 aromatic carbocycles. The number of nitrogens with one attached hydrogen (secondary N) is 1. The molecule has 1 N–H and O–H groups in total. The molecule has 1 aliphatic heterocycles. The average Bonchev–Trinajstić information content (AvgIpc) is 3.25. The largest absolute Gasteiger partial charge is 0.336 e. The van der Waals surface area contributed by atoms with E-state index in [2.05, 4.69) is 22.2 Å². The highest BCUT2D eigenvalue weighted by Crippen LogP contribution is 2.26. The third-order valence-electron chi connectivity index (χ3n) is 4.93. The van der Waals surface area contributed by atoms with Crippen LogP contribution in [0.15, 0.2) is 60.8 Å². The van der Waals surface area contributed by atoms with Crippen molar-refractivity contribution in [2.45, 2.75) is 0 Å². The number of aromatic nitrogens is 1. The molecule has 6 nitrogen and oxygen atoms in total. The van der Waals surface area contributed by atoms with Gasteiger partial charge in [-0.15, -0.1) is 11.3 Å². The summed E-state index contributed by atoms with van der Waals surface area (Å²) in [6, 6.07) is 16.8. The van der Waals surface area contributed by atoms with E-state index in [0.717, 1.165) is 42.4 Å². The first-order valence-corrected chi connectivity index (χ1v) is 10.3. The number of para-hydroxylation sites is 1. The Morgan fingerprint density at radius 2 is 1.66 bits per heavy atom. The van der Waals surface area contributed by atoms with Gasteiger partial charge in [-0.25, -0.2) is 4.98 Å². The van der Waals surface area contributed by atoms with Crippen molar-refractivity contribution in [3.05, 3.63) is 71.2 Å². The molecule has 0 saturated carbocycles. The predicted molar refractivity (Wildman–Crippen MR) is 115 cm³/mol. The number of hydrogen-bond acceptors (Lipinski definition) is 5. The second-order valence-corrected chi connectivity index (χ2v) is 8.05. The molecule has 0 unspecified atom stereocenters. The summed E-state index contributed by atoms with van der Waals surface area (Å²) in [5.41, 5.74) is 2.32. The van der Waals surface area contributed by atoms with Crippen molar-refractivity contribution >= 4 is 28.8 Å². The number of rotatable bonds is 4. The summed E-state index contributed by atoms with van der Waals surface area (Å²) in [6.07, 6.45) is 1.58. The zero-order chi connectivity index (χ0) is 20.2. The van der Waals surface area contributed by atoms with Gasteiger partial charge in [-0.2, -0.15) is 0 Å². The normalized spacial score (nSPS) is 14.6. The zero-order valence-corrected chi connectivity index (χ0v) is 17.0. The molecule has 0 radical (unpaired) electrons. The van der Waals surface area contributed by atoms with Crippen LogP contribution in [0.3, 0.4) is 0 Å². The van der Waals surface area contributed by atoms with E-state index < -0.39 is 0 Å². The maximum atomic E-state index is 12.7. The fraction of sp³-hybridized carbons (Fsp3) is 0.227. The molecule has 1 fully saturated rings. The summed E-state index contributed by atoms with van der Waals surface area (Å²) in [4.78, 5) is 34.1. The lowest BCUT2D eigenvalue weighted by molar-refractivity contribution is 0.0664. The number of amides is 2. The molecule has 2 amide bonds. The third-order valence-corrected chi connectivity index (χ3v) is 5.98. The SMILES string of the molecule is CN1CCN(C(=O)c2ccc(-c3ncc(C(=O)Nc4ccccc4)s3)cc2)CC1. The van der Waals surface area contributed by atoms with Gasteiger partial charge in [0.2, 0.25) is 0 Å². The number of carbonyl (C=O) groups is 2. The standard InChI is InChI=1S/C22H22N4O2S/c1-25-11-13-26(14-12-25)22(28)17-9-7-16(8-10-17)21-23-15-19(29-21)20(27)24-18-5-3-2-4-6-18/h2-10,15H,11-14H2,1H3,(H,24,27). The summed E-state index contributed by atoms with van der Waals surface area (Å²) < 4.78 is 0. The van der Waals surface area contributed by atoms with E-state index in [1.807, 2.05) is 59.5 Å². The Kier molecular flexibility index (Phi) is 5.69. The first kappa shape index (κ1) is 19.3. The van der Waals surface area contributed by atoms with E-state index >= 15 is 0 Å². The molecule has 1 saturated heterocycles. The van der Waals surface area contributed by atoms with E-state index in [1.165, 1.54) is 11.3 Å². The molecule has 1 aromatic heterocycles. The zero-order valence-electron chi connectivity index (χ0n) is 16.2. The van der Waals surface area contributed by atoms with Crippen LogP contribution in [0.4, 0.5) is 5.69 Å². The Morgan fingerprint density at radius 3 is 2.34 bits per heavy atom. The number of nitrogens with zero attached hydrogens (tertiary/aromatic N) is 3. The molecule has 4 rings (SSSR count). The summed E-state index contributed by atoms with van der Waals surface area (Å²) in [5.74, 6) is -0.117. The third kappa shape index (κ3) is 4.52. The monoisotopic (exact) mass is 406 g/mol. The number of likely N-dealkylation sites (N-methyl/N-ethyl adjacent to an activating group) is 1. The smallest absolute Gasteiger partial charge is 0.267 e. The van der Waals surface area contributed by atoms with E-state index in [0.29, 0.717) is 10.4 Å². The molecule has 148 valence electrons. The molecule has 7 heteroatoms. The van der Waals surface area contributed by atoms with Crippen LogP contribution in [-0.4, -0.2) is 59.8 Å². The van der Waals surface area contributed by atoms with Crippen LogP contribution in [0, 0.1) is 0 Å². The lowest BCUT2D eigenvalue weighted by Gasteiger charge is -2.32. The van der Waals surface area contributed by atoms with Gasteiger partial charge >= 0.3 is 0 Å². The van der Waals surface area contributed by atoms with E-state index in [4.69, 9.17) is 0 Å². The fourth-order valence-corrected chi connectivity index (χ4v) is 3.99. The molecular weight excluding hydrogens is 384 g/mol. The van der Waals surface area contributed by atoms with E-state index in [1.54, 1.807) is 6.20 Å². The Balaban J connectivity index is 1.43. The number of anilines is 1. The highest BCUT2D eigenvalue weighted by Gasteiger charge is 2.20. The highest BCUT2D eigenvalue weighted by molar-refractivity contribution is 7.17. The van der Waals surface area contributed by atoms with Crippen molar-refractivity contribution in [2.24, 2.45) is 0 Å². The minimum absolute atomic E-state index is 0.0618. The van der Waals surface area contributed by atoms with Crippen LogP contribution < -0.4 is 5.32 Å². The molecular formula is C22H22N4O2S. The summed E-state index contributed by atoms with van der Waals surface area (Å²) >= 11 is 1.33. The molecule has 0 spiro atoms. The van der Waals surface area contributed by atoms with E-state index in [-0.39, 0.29) is 11.8 Å². The molecule has 0 aliphatic carbocycles. The minimum atomic E-state index is -0.179. The molecule has 29 heavy (non-hydrogen) atoms. The summed E-state index contributed by atoms with van der Waals surface area (Å²) in [7, 11) is 2.07. The van der Waals surface area contributed by atoms with Crippen molar-refractivity contribution in [2.75, 3.05) is 38.5 Å². The second-order valence-electron chi connectivity index (χ2n) is 7.02. The van der Waals surface area contributed by atoms with Gasteiger partial charge in [0, 0.05) is 43.0 Å². The Labute approximate surface area is 173 Å². The van der Waals surface area contributed by atoms with E-state index in [9.17, 15) is 9.59 Å². The molecule has 1 aliphatic rings. The summed E-state index contributed by atoms with van der Waals surface area (Å²) in [5, 5.41) is 3.62. The highest BCUT2D eigenvalue weighted by atomic mass is 32.1. The molecule has 2 heterocycles. The minimum Gasteiger partial charge on any atom is -0.336 e. The molecule has 3 aromatic rings. The number of hydrogen-bond donors (Lipinski definition) is 1. The van der Waals surface area contributed by atoms with Gasteiger partial charge in [0.05, 0.1) is 6.20 Å². The molecule has 0 atom stereocenters. The van der Waals surface area contributed by atoms with Crippen LogP contribution in [0.5, 0.6) is 0 Å². The predicted octanol–water partition coefficient (Wildman–Crippen LogP) is 3.45. The van der Waals surface area contributed by atoms with Gasteiger partial charge in [-0.05, 0) is 31.3 Å². The number of thiazole rings is 1. The van der Waals surface area contributed by atoms with Crippen molar-refractivity contribution in [3.63, 3.8) is 0 Å². The van der Waals surface area contributed by atoms with Crippen LogP contribution in [0.2, 0.25) is 0 Å².